The van der Waals surface area contributed by atoms with Crippen molar-refractivity contribution in [3.63, 3.8) is 0 Å². The van der Waals surface area contributed by atoms with Crippen LogP contribution in [0.5, 0.6) is 0 Å². The molecule has 1 aliphatic heterocycles. The van der Waals surface area contributed by atoms with Gasteiger partial charge in [0, 0.05) is 49.6 Å². The van der Waals surface area contributed by atoms with E-state index in [0.29, 0.717) is 6.42 Å². The number of amides is 1. The second-order valence-electron chi connectivity index (χ2n) is 7.39. The first-order valence-corrected chi connectivity index (χ1v) is 9.95. The molecule has 0 spiro atoms. The van der Waals surface area contributed by atoms with Gasteiger partial charge in [-0.1, -0.05) is 37.1 Å². The number of halogens is 2. The third-order valence-electron chi connectivity index (χ3n) is 5.77. The minimum atomic E-state index is 0. The van der Waals surface area contributed by atoms with E-state index < -0.39 is 0 Å². The van der Waals surface area contributed by atoms with Gasteiger partial charge in [-0.2, -0.15) is 0 Å². The summed E-state index contributed by atoms with van der Waals surface area (Å²) in [6.07, 6.45) is 5.16. The Balaban J connectivity index is 0.00000261. The van der Waals surface area contributed by atoms with Crippen molar-refractivity contribution < 1.29 is 4.79 Å². The van der Waals surface area contributed by atoms with Crippen molar-refractivity contribution >= 4 is 47.4 Å². The molecule has 7 heteroatoms. The van der Waals surface area contributed by atoms with E-state index in [4.69, 9.17) is 11.6 Å². The molecule has 1 aromatic rings. The van der Waals surface area contributed by atoms with E-state index in [1.54, 1.807) is 7.05 Å². The highest BCUT2D eigenvalue weighted by molar-refractivity contribution is 14.0. The molecule has 1 amide bonds. The first kappa shape index (κ1) is 22.3. The molecular weight excluding hydrogens is 475 g/mol. The van der Waals surface area contributed by atoms with Crippen LogP contribution in [0.1, 0.15) is 44.6 Å². The highest BCUT2D eigenvalue weighted by Crippen LogP contribution is 2.43. The summed E-state index contributed by atoms with van der Waals surface area (Å²) in [6, 6.07) is 8.50. The Bertz CT molecular complexity index is 660. The number of likely N-dealkylation sites (tertiary alicyclic amines) is 1. The molecule has 5 nitrogen and oxygen atoms in total. The molecule has 1 atom stereocenters. The SMILES string of the molecule is CCC(=O)N1CCC(NC(=NC)NCC2(c3ccc(Cl)cc3)CCC2)C1.I. The van der Waals surface area contributed by atoms with Crippen LogP contribution >= 0.6 is 35.6 Å². The fraction of sp³-hybridized carbons (Fsp3) is 0.600. The number of nitrogens with zero attached hydrogens (tertiary/aromatic N) is 2. The zero-order valence-electron chi connectivity index (χ0n) is 16.1. The van der Waals surface area contributed by atoms with E-state index in [-0.39, 0.29) is 41.3 Å². The third kappa shape index (κ3) is 5.28. The van der Waals surface area contributed by atoms with Crippen molar-refractivity contribution in [1.29, 1.82) is 0 Å². The first-order valence-electron chi connectivity index (χ1n) is 9.57. The van der Waals surface area contributed by atoms with Gasteiger partial charge in [0.05, 0.1) is 0 Å². The zero-order chi connectivity index (χ0) is 18.6. The lowest BCUT2D eigenvalue weighted by Gasteiger charge is -2.43. The molecule has 1 unspecified atom stereocenters. The molecule has 3 rings (SSSR count). The highest BCUT2D eigenvalue weighted by atomic mass is 127. The number of aliphatic imine (C=N–C) groups is 1. The largest absolute Gasteiger partial charge is 0.356 e. The van der Waals surface area contributed by atoms with Crippen molar-refractivity contribution in [2.45, 2.75) is 50.5 Å². The minimum absolute atomic E-state index is 0. The smallest absolute Gasteiger partial charge is 0.222 e. The summed E-state index contributed by atoms with van der Waals surface area (Å²) in [5, 5.41) is 7.77. The van der Waals surface area contributed by atoms with E-state index in [9.17, 15) is 4.79 Å². The molecule has 1 saturated carbocycles. The van der Waals surface area contributed by atoms with Crippen LogP contribution in [0, 0.1) is 0 Å². The van der Waals surface area contributed by atoms with E-state index in [2.05, 4.69) is 27.8 Å². The molecule has 150 valence electrons. The van der Waals surface area contributed by atoms with E-state index >= 15 is 0 Å². The van der Waals surface area contributed by atoms with Crippen molar-refractivity contribution in [3.05, 3.63) is 34.9 Å². The van der Waals surface area contributed by atoms with Crippen LogP contribution in [0.25, 0.3) is 0 Å². The molecule has 0 aromatic heterocycles. The zero-order valence-corrected chi connectivity index (χ0v) is 19.2. The van der Waals surface area contributed by atoms with Crippen LogP contribution in [0.2, 0.25) is 5.02 Å². The normalized spacial score (nSPS) is 21.2. The molecule has 1 aliphatic carbocycles. The third-order valence-corrected chi connectivity index (χ3v) is 6.02. The van der Waals surface area contributed by atoms with Crippen molar-refractivity contribution in [1.82, 2.24) is 15.5 Å². The maximum absolute atomic E-state index is 11.8. The number of guanidine groups is 1. The lowest BCUT2D eigenvalue weighted by Crippen LogP contribution is -2.51. The Morgan fingerprint density at radius 2 is 2.04 bits per heavy atom. The standard InChI is InChI=1S/C20H29ClN4O.HI/c1-3-18(26)25-12-9-17(13-25)24-19(22-2)23-14-20(10-4-11-20)15-5-7-16(21)8-6-15;/h5-8,17H,3-4,9-14H2,1-2H3,(H2,22,23,24);1H. The summed E-state index contributed by atoms with van der Waals surface area (Å²) in [4.78, 5) is 18.2. The topological polar surface area (TPSA) is 56.7 Å². The molecule has 1 saturated heterocycles. The van der Waals surface area contributed by atoms with Gasteiger partial charge in [-0.05, 0) is 37.0 Å². The van der Waals surface area contributed by atoms with Crippen molar-refractivity contribution in [3.8, 4) is 0 Å². The van der Waals surface area contributed by atoms with Crippen molar-refractivity contribution in [2.75, 3.05) is 26.7 Å². The summed E-state index contributed by atoms with van der Waals surface area (Å²) >= 11 is 6.04. The van der Waals surface area contributed by atoms with Crippen LogP contribution in [-0.2, 0) is 10.2 Å². The lowest BCUT2D eigenvalue weighted by atomic mass is 9.64. The number of benzene rings is 1. The molecule has 1 heterocycles. The van der Waals surface area contributed by atoms with Crippen LogP contribution in [0.3, 0.4) is 0 Å². The van der Waals surface area contributed by atoms with Gasteiger partial charge in [-0.15, -0.1) is 24.0 Å². The Kier molecular flexibility index (Phi) is 8.21. The van der Waals surface area contributed by atoms with Gasteiger partial charge in [0.15, 0.2) is 5.96 Å². The van der Waals surface area contributed by atoms with Gasteiger partial charge >= 0.3 is 0 Å². The second-order valence-corrected chi connectivity index (χ2v) is 7.83. The van der Waals surface area contributed by atoms with Gasteiger partial charge in [-0.25, -0.2) is 0 Å². The number of hydrogen-bond donors (Lipinski definition) is 2. The summed E-state index contributed by atoms with van der Waals surface area (Å²) in [5.74, 6) is 1.05. The van der Waals surface area contributed by atoms with E-state index in [0.717, 1.165) is 37.0 Å². The van der Waals surface area contributed by atoms with Crippen molar-refractivity contribution in [2.24, 2.45) is 4.99 Å². The summed E-state index contributed by atoms with van der Waals surface area (Å²) in [6.45, 7) is 4.36. The van der Waals surface area contributed by atoms with Gasteiger partial charge in [0.25, 0.3) is 0 Å². The fourth-order valence-electron chi connectivity index (χ4n) is 3.94. The predicted molar refractivity (Wildman–Crippen MR) is 122 cm³/mol. The average Bonchev–Trinajstić information content (AvgIpc) is 3.09. The Morgan fingerprint density at radius 1 is 1.33 bits per heavy atom. The van der Waals surface area contributed by atoms with Crippen LogP contribution in [-0.4, -0.2) is 49.5 Å². The fourth-order valence-corrected chi connectivity index (χ4v) is 4.07. The molecule has 2 N–H and O–H groups in total. The molecule has 0 radical (unpaired) electrons. The average molecular weight is 505 g/mol. The Morgan fingerprint density at radius 3 is 2.59 bits per heavy atom. The summed E-state index contributed by atoms with van der Waals surface area (Å²) < 4.78 is 0. The van der Waals surface area contributed by atoms with Crippen LogP contribution in [0.4, 0.5) is 0 Å². The molecule has 1 aromatic carbocycles. The maximum atomic E-state index is 11.8. The number of carbonyl (C=O) groups excluding carboxylic acids is 1. The minimum Gasteiger partial charge on any atom is -0.356 e. The Labute approximate surface area is 184 Å². The van der Waals surface area contributed by atoms with Gasteiger partial charge in [-0.3, -0.25) is 9.79 Å². The van der Waals surface area contributed by atoms with Crippen LogP contribution in [0.15, 0.2) is 29.3 Å². The van der Waals surface area contributed by atoms with E-state index in [1.165, 1.54) is 24.8 Å². The quantitative estimate of drug-likeness (QED) is 0.366. The summed E-state index contributed by atoms with van der Waals surface area (Å²) in [5.41, 5.74) is 1.51. The predicted octanol–water partition coefficient (Wildman–Crippen LogP) is 3.56. The molecule has 2 aliphatic rings. The van der Waals surface area contributed by atoms with Gasteiger partial charge in [0.1, 0.15) is 0 Å². The van der Waals surface area contributed by atoms with E-state index in [1.807, 2.05) is 24.0 Å². The second kappa shape index (κ2) is 9.96. The maximum Gasteiger partial charge on any atom is 0.222 e. The first-order chi connectivity index (χ1) is 12.6. The number of nitrogens with one attached hydrogen (secondary N) is 2. The lowest BCUT2D eigenvalue weighted by molar-refractivity contribution is -0.129. The number of rotatable bonds is 5. The highest BCUT2D eigenvalue weighted by Gasteiger charge is 2.38. The molecular formula is C20H30ClIN4O. The Hall–Kier alpha value is -1.02. The van der Waals surface area contributed by atoms with Gasteiger partial charge < -0.3 is 15.5 Å². The molecule has 0 bridgehead atoms. The molecule has 2 fully saturated rings. The van der Waals surface area contributed by atoms with Gasteiger partial charge in [0.2, 0.25) is 5.91 Å². The number of hydrogen-bond acceptors (Lipinski definition) is 2. The molecule has 27 heavy (non-hydrogen) atoms. The summed E-state index contributed by atoms with van der Waals surface area (Å²) in [7, 11) is 1.80. The monoisotopic (exact) mass is 504 g/mol. The van der Waals surface area contributed by atoms with Crippen LogP contribution < -0.4 is 10.6 Å². The number of carbonyl (C=O) groups is 1.